The van der Waals surface area contributed by atoms with Gasteiger partial charge in [0.1, 0.15) is 0 Å². The van der Waals surface area contributed by atoms with Crippen LogP contribution in [0.4, 0.5) is 5.82 Å². The number of carbonyl (C=O) groups is 1. The Morgan fingerprint density at radius 1 is 1.18 bits per heavy atom. The second-order valence-corrected chi connectivity index (χ2v) is 3.79. The fraction of sp³-hybridized carbons (Fsp3) is 0.0833. The third-order valence-electron chi connectivity index (χ3n) is 2.08. The summed E-state index contributed by atoms with van der Waals surface area (Å²) in [6.07, 6.45) is 3.42. The van der Waals surface area contributed by atoms with Crippen molar-refractivity contribution in [3.8, 4) is 0 Å². The fourth-order valence-corrected chi connectivity index (χ4v) is 1.49. The molecule has 2 aromatic heterocycles. The van der Waals surface area contributed by atoms with Crippen molar-refractivity contribution in [3.63, 3.8) is 0 Å². The Balaban J connectivity index is 2.01. The van der Waals surface area contributed by atoms with Crippen LogP contribution in [0.25, 0.3) is 0 Å². The molecule has 4 nitrogen and oxygen atoms in total. The molecule has 2 rings (SSSR count). The van der Waals surface area contributed by atoms with E-state index in [2.05, 4.69) is 15.3 Å². The first-order chi connectivity index (χ1) is 8.25. The first-order valence-electron chi connectivity index (χ1n) is 5.06. The maximum atomic E-state index is 11.7. The number of rotatable bonds is 3. The van der Waals surface area contributed by atoms with Gasteiger partial charge in [0.25, 0.3) is 0 Å². The molecule has 0 saturated carbocycles. The lowest BCUT2D eigenvalue weighted by molar-refractivity contribution is -0.115. The Morgan fingerprint density at radius 3 is 2.71 bits per heavy atom. The van der Waals surface area contributed by atoms with E-state index in [1.807, 2.05) is 6.07 Å². The van der Waals surface area contributed by atoms with Gasteiger partial charge in [-0.1, -0.05) is 17.7 Å². The molecule has 0 bridgehead atoms. The number of pyridine rings is 2. The highest BCUT2D eigenvalue weighted by Gasteiger charge is 2.07. The van der Waals surface area contributed by atoms with Crippen LogP contribution < -0.4 is 5.32 Å². The van der Waals surface area contributed by atoms with Gasteiger partial charge in [-0.2, -0.15) is 0 Å². The molecule has 1 amide bonds. The molecule has 0 atom stereocenters. The summed E-state index contributed by atoms with van der Waals surface area (Å²) in [5.74, 6) is 0.180. The summed E-state index contributed by atoms with van der Waals surface area (Å²) in [4.78, 5) is 19.7. The fourth-order valence-electron chi connectivity index (χ4n) is 1.32. The maximum Gasteiger partial charge on any atom is 0.231 e. The first-order valence-corrected chi connectivity index (χ1v) is 5.44. The van der Waals surface area contributed by atoms with Crippen LogP contribution in [0.3, 0.4) is 0 Å². The lowest BCUT2D eigenvalue weighted by atomic mass is 10.2. The zero-order valence-corrected chi connectivity index (χ0v) is 9.69. The topological polar surface area (TPSA) is 54.9 Å². The van der Waals surface area contributed by atoms with Crippen LogP contribution in [0.5, 0.6) is 0 Å². The Kier molecular flexibility index (Phi) is 3.67. The SMILES string of the molecule is O=C(Cc1ccccn1)Nc1ncccc1Cl. The Labute approximate surface area is 104 Å². The van der Waals surface area contributed by atoms with Gasteiger partial charge < -0.3 is 5.32 Å². The number of nitrogens with one attached hydrogen (secondary N) is 1. The minimum Gasteiger partial charge on any atom is -0.309 e. The number of hydrogen-bond acceptors (Lipinski definition) is 3. The average molecular weight is 248 g/mol. The van der Waals surface area contributed by atoms with Crippen LogP contribution in [-0.2, 0) is 11.2 Å². The van der Waals surface area contributed by atoms with Crippen LogP contribution in [-0.4, -0.2) is 15.9 Å². The normalized spacial score (nSPS) is 9.94. The van der Waals surface area contributed by atoms with Gasteiger partial charge in [-0.3, -0.25) is 9.78 Å². The third kappa shape index (κ3) is 3.26. The maximum absolute atomic E-state index is 11.7. The second kappa shape index (κ2) is 5.41. The van der Waals surface area contributed by atoms with Crippen molar-refractivity contribution in [2.24, 2.45) is 0 Å². The predicted octanol–water partition coefficient (Wildman–Crippen LogP) is 2.31. The lowest BCUT2D eigenvalue weighted by Gasteiger charge is -2.05. The lowest BCUT2D eigenvalue weighted by Crippen LogP contribution is -2.16. The molecule has 0 saturated heterocycles. The Bertz CT molecular complexity index is 516. The van der Waals surface area contributed by atoms with Crippen molar-refractivity contribution in [1.82, 2.24) is 9.97 Å². The molecule has 86 valence electrons. The molecule has 0 spiro atoms. The Morgan fingerprint density at radius 2 is 2.00 bits per heavy atom. The van der Waals surface area contributed by atoms with E-state index < -0.39 is 0 Å². The van der Waals surface area contributed by atoms with Crippen LogP contribution in [0.2, 0.25) is 5.02 Å². The summed E-state index contributed by atoms with van der Waals surface area (Å²) in [5, 5.41) is 3.06. The van der Waals surface area contributed by atoms with Gasteiger partial charge in [-0.25, -0.2) is 4.98 Å². The highest BCUT2D eigenvalue weighted by molar-refractivity contribution is 6.33. The van der Waals surface area contributed by atoms with Gasteiger partial charge in [-0.15, -0.1) is 0 Å². The van der Waals surface area contributed by atoms with E-state index in [4.69, 9.17) is 11.6 Å². The molecule has 0 unspecified atom stereocenters. The number of nitrogens with zero attached hydrogens (tertiary/aromatic N) is 2. The molecular weight excluding hydrogens is 238 g/mol. The van der Waals surface area contributed by atoms with Gasteiger partial charge in [0.15, 0.2) is 5.82 Å². The summed E-state index contributed by atoms with van der Waals surface area (Å²) in [6, 6.07) is 8.81. The van der Waals surface area contributed by atoms with Gasteiger partial charge in [-0.05, 0) is 24.3 Å². The summed E-state index contributed by atoms with van der Waals surface area (Å²) in [7, 11) is 0. The number of anilines is 1. The molecule has 1 N–H and O–H groups in total. The highest BCUT2D eigenvalue weighted by Crippen LogP contribution is 2.17. The summed E-state index contributed by atoms with van der Waals surface area (Å²) in [6.45, 7) is 0. The summed E-state index contributed by atoms with van der Waals surface area (Å²) in [5.41, 5.74) is 0.706. The largest absolute Gasteiger partial charge is 0.309 e. The second-order valence-electron chi connectivity index (χ2n) is 3.38. The van der Waals surface area contributed by atoms with E-state index in [0.29, 0.717) is 16.5 Å². The zero-order chi connectivity index (χ0) is 12.1. The molecule has 0 aromatic carbocycles. The van der Waals surface area contributed by atoms with E-state index in [1.165, 1.54) is 0 Å². The molecule has 2 aromatic rings. The van der Waals surface area contributed by atoms with Crippen molar-refractivity contribution >= 4 is 23.3 Å². The standard InChI is InChI=1S/C12H10ClN3O/c13-10-5-3-7-15-12(10)16-11(17)8-9-4-1-2-6-14-9/h1-7H,8H2,(H,15,16,17). The van der Waals surface area contributed by atoms with Crippen molar-refractivity contribution in [1.29, 1.82) is 0 Å². The van der Waals surface area contributed by atoms with E-state index in [0.717, 1.165) is 0 Å². The number of halogens is 1. The van der Waals surface area contributed by atoms with Crippen LogP contribution in [0, 0.1) is 0 Å². The molecular formula is C12H10ClN3O. The van der Waals surface area contributed by atoms with Crippen molar-refractivity contribution < 1.29 is 4.79 Å². The Hall–Kier alpha value is -1.94. The molecule has 0 radical (unpaired) electrons. The monoisotopic (exact) mass is 247 g/mol. The third-order valence-corrected chi connectivity index (χ3v) is 2.39. The van der Waals surface area contributed by atoms with E-state index in [1.54, 1.807) is 36.7 Å². The van der Waals surface area contributed by atoms with Crippen molar-refractivity contribution in [2.75, 3.05) is 5.32 Å². The number of amides is 1. The van der Waals surface area contributed by atoms with Crippen molar-refractivity contribution in [2.45, 2.75) is 6.42 Å². The summed E-state index contributed by atoms with van der Waals surface area (Å²) < 4.78 is 0. The molecule has 0 aliphatic carbocycles. The molecule has 0 fully saturated rings. The zero-order valence-electron chi connectivity index (χ0n) is 8.93. The quantitative estimate of drug-likeness (QED) is 0.906. The van der Waals surface area contributed by atoms with Crippen LogP contribution >= 0.6 is 11.6 Å². The number of aromatic nitrogens is 2. The van der Waals surface area contributed by atoms with E-state index in [9.17, 15) is 4.79 Å². The number of hydrogen-bond donors (Lipinski definition) is 1. The molecule has 17 heavy (non-hydrogen) atoms. The molecule has 2 heterocycles. The first kappa shape index (κ1) is 11.5. The molecule has 0 aliphatic rings. The highest BCUT2D eigenvalue weighted by atomic mass is 35.5. The number of carbonyl (C=O) groups excluding carboxylic acids is 1. The average Bonchev–Trinajstić information content (AvgIpc) is 2.33. The van der Waals surface area contributed by atoms with Gasteiger partial charge >= 0.3 is 0 Å². The van der Waals surface area contributed by atoms with E-state index >= 15 is 0 Å². The van der Waals surface area contributed by atoms with Gasteiger partial charge in [0.05, 0.1) is 11.4 Å². The van der Waals surface area contributed by atoms with Crippen LogP contribution in [0.15, 0.2) is 42.7 Å². The molecule has 5 heteroatoms. The van der Waals surface area contributed by atoms with Gasteiger partial charge in [0.2, 0.25) is 5.91 Å². The minimum absolute atomic E-state index is 0.190. The minimum atomic E-state index is -0.190. The van der Waals surface area contributed by atoms with Crippen LogP contribution in [0.1, 0.15) is 5.69 Å². The predicted molar refractivity (Wildman–Crippen MR) is 65.8 cm³/mol. The summed E-state index contributed by atoms with van der Waals surface area (Å²) >= 11 is 5.88. The molecule has 0 aliphatic heterocycles. The van der Waals surface area contributed by atoms with E-state index in [-0.39, 0.29) is 12.3 Å². The smallest absolute Gasteiger partial charge is 0.231 e. The van der Waals surface area contributed by atoms with Gasteiger partial charge in [0, 0.05) is 18.1 Å². The van der Waals surface area contributed by atoms with Crippen molar-refractivity contribution in [3.05, 3.63) is 53.4 Å².